The van der Waals surface area contributed by atoms with E-state index in [2.05, 4.69) is 164 Å². The molecule has 1 aliphatic carbocycles. The van der Waals surface area contributed by atoms with E-state index in [4.69, 9.17) is 4.98 Å². The summed E-state index contributed by atoms with van der Waals surface area (Å²) in [5.74, 6) is 0.485. The second kappa shape index (κ2) is 12.7. The van der Waals surface area contributed by atoms with Crippen molar-refractivity contribution >= 4 is 46.0 Å². The molecule has 0 aliphatic heterocycles. The zero-order valence-corrected chi connectivity index (χ0v) is 27.3. The Morgan fingerprint density at radius 2 is 1.35 bits per heavy atom. The van der Waals surface area contributed by atoms with Crippen molar-refractivity contribution in [3.63, 3.8) is 0 Å². The van der Waals surface area contributed by atoms with Gasteiger partial charge in [-0.1, -0.05) is 134 Å². The molecule has 0 N–H and O–H groups in total. The van der Waals surface area contributed by atoms with E-state index in [1.165, 1.54) is 54.2 Å². The van der Waals surface area contributed by atoms with Crippen molar-refractivity contribution in [1.82, 2.24) is 4.98 Å². The molecule has 7 aromatic rings. The number of pyridine rings is 1. The number of rotatable bonds is 6. The lowest BCUT2D eigenvalue weighted by molar-refractivity contribution is 0.801. The Bertz CT molecular complexity index is 2490. The quantitative estimate of drug-likeness (QED) is 0.171. The minimum atomic E-state index is 0.485. The van der Waals surface area contributed by atoms with Gasteiger partial charge in [0.2, 0.25) is 0 Å². The summed E-state index contributed by atoms with van der Waals surface area (Å²) >= 11 is 0. The first-order valence-corrected chi connectivity index (χ1v) is 16.7. The summed E-state index contributed by atoms with van der Waals surface area (Å²) in [6.07, 6.45) is 11.8. The SMILES string of the molecule is CN=C/C=C\c1ccc2cccc(-c3cccc(-c4ccc5c(-c6ccccc6)c6c(c(-c7ccccc7)c5c4)=CCC(C)C=6)n3)c2c1. The molecule has 1 aromatic heterocycles. The average Bonchev–Trinajstić information content (AvgIpc) is 3.14. The van der Waals surface area contributed by atoms with Gasteiger partial charge in [0, 0.05) is 24.4 Å². The summed E-state index contributed by atoms with van der Waals surface area (Å²) in [5, 5.41) is 7.56. The van der Waals surface area contributed by atoms with Gasteiger partial charge in [0.25, 0.3) is 0 Å². The molecule has 230 valence electrons. The van der Waals surface area contributed by atoms with Crippen LogP contribution in [0, 0.1) is 5.92 Å². The number of hydrogen-bond donors (Lipinski definition) is 0. The summed E-state index contributed by atoms with van der Waals surface area (Å²) in [4.78, 5) is 9.38. The smallest absolute Gasteiger partial charge is 0.0715 e. The molecule has 48 heavy (non-hydrogen) atoms. The van der Waals surface area contributed by atoms with E-state index in [1.807, 2.05) is 12.3 Å². The van der Waals surface area contributed by atoms with Crippen molar-refractivity contribution < 1.29 is 0 Å². The van der Waals surface area contributed by atoms with Crippen molar-refractivity contribution in [1.29, 1.82) is 0 Å². The molecule has 1 heterocycles. The summed E-state index contributed by atoms with van der Waals surface area (Å²) in [5.41, 5.74) is 10.4. The normalized spacial score (nSPS) is 14.3. The summed E-state index contributed by atoms with van der Waals surface area (Å²) < 4.78 is 0. The average molecular weight is 617 g/mol. The summed E-state index contributed by atoms with van der Waals surface area (Å²) in [6, 6.07) is 48.1. The van der Waals surface area contributed by atoms with Gasteiger partial charge in [-0.25, -0.2) is 4.98 Å². The van der Waals surface area contributed by atoms with Gasteiger partial charge >= 0.3 is 0 Å². The zero-order chi connectivity index (χ0) is 32.5. The molecule has 0 radical (unpaired) electrons. The van der Waals surface area contributed by atoms with Crippen LogP contribution < -0.4 is 10.4 Å². The number of allylic oxidation sites excluding steroid dienone is 1. The number of fused-ring (bicyclic) bond motifs is 3. The highest BCUT2D eigenvalue weighted by atomic mass is 14.7. The maximum absolute atomic E-state index is 5.30. The number of aliphatic imine (C=N–C) groups is 1. The van der Waals surface area contributed by atoms with Gasteiger partial charge in [0.05, 0.1) is 11.4 Å². The monoisotopic (exact) mass is 616 g/mol. The topological polar surface area (TPSA) is 25.2 Å². The van der Waals surface area contributed by atoms with E-state index in [1.54, 1.807) is 7.05 Å². The van der Waals surface area contributed by atoms with Crippen LogP contribution >= 0.6 is 0 Å². The van der Waals surface area contributed by atoms with E-state index in [9.17, 15) is 0 Å². The molecule has 0 spiro atoms. The Kier molecular flexibility index (Phi) is 7.84. The van der Waals surface area contributed by atoms with Crippen LogP contribution in [0.2, 0.25) is 0 Å². The van der Waals surface area contributed by atoms with E-state index in [0.717, 1.165) is 34.5 Å². The largest absolute Gasteiger partial charge is 0.297 e. The van der Waals surface area contributed by atoms with Crippen LogP contribution in [0.5, 0.6) is 0 Å². The van der Waals surface area contributed by atoms with Crippen LogP contribution in [0.4, 0.5) is 0 Å². The third-order valence-electron chi connectivity index (χ3n) is 9.41. The predicted octanol–water partition coefficient (Wildman–Crippen LogP) is 10.4. The van der Waals surface area contributed by atoms with Crippen molar-refractivity contribution in [2.75, 3.05) is 7.05 Å². The van der Waals surface area contributed by atoms with Gasteiger partial charge in [0.1, 0.15) is 0 Å². The van der Waals surface area contributed by atoms with Crippen LogP contribution in [0.15, 0.2) is 145 Å². The molecule has 1 unspecified atom stereocenters. The minimum absolute atomic E-state index is 0.485. The molecular formula is C46H36N2. The Labute approximate surface area is 281 Å². The van der Waals surface area contributed by atoms with Crippen molar-refractivity contribution in [2.24, 2.45) is 10.9 Å². The van der Waals surface area contributed by atoms with Gasteiger partial charge in [-0.15, -0.1) is 0 Å². The number of aromatic nitrogens is 1. The van der Waals surface area contributed by atoms with Crippen molar-refractivity contribution in [3.05, 3.63) is 156 Å². The molecule has 1 aliphatic rings. The Morgan fingerprint density at radius 1 is 0.625 bits per heavy atom. The fraction of sp³-hybridized carbons (Fsp3) is 0.0870. The third kappa shape index (κ3) is 5.46. The number of benzene rings is 6. The van der Waals surface area contributed by atoms with Gasteiger partial charge in [-0.05, 0) is 102 Å². The minimum Gasteiger partial charge on any atom is -0.297 e. The molecule has 0 amide bonds. The van der Waals surface area contributed by atoms with Crippen molar-refractivity contribution in [3.8, 4) is 44.8 Å². The molecule has 0 saturated heterocycles. The van der Waals surface area contributed by atoms with Gasteiger partial charge < -0.3 is 0 Å². The lowest BCUT2D eigenvalue weighted by Gasteiger charge is -2.20. The van der Waals surface area contributed by atoms with Gasteiger partial charge in [-0.3, -0.25) is 4.99 Å². The fourth-order valence-electron chi connectivity index (χ4n) is 7.16. The molecule has 2 heteroatoms. The maximum Gasteiger partial charge on any atom is 0.0715 e. The first kappa shape index (κ1) is 29.5. The lowest BCUT2D eigenvalue weighted by atomic mass is 9.84. The van der Waals surface area contributed by atoms with E-state index >= 15 is 0 Å². The Hall–Kier alpha value is -5.86. The highest BCUT2D eigenvalue weighted by Gasteiger charge is 2.18. The molecular weight excluding hydrogens is 581 g/mol. The van der Waals surface area contributed by atoms with Crippen molar-refractivity contribution in [2.45, 2.75) is 13.3 Å². The highest BCUT2D eigenvalue weighted by Crippen LogP contribution is 2.36. The van der Waals surface area contributed by atoms with Gasteiger partial charge in [0.15, 0.2) is 0 Å². The second-order valence-electron chi connectivity index (χ2n) is 12.6. The Balaban J connectivity index is 1.35. The fourth-order valence-corrected chi connectivity index (χ4v) is 7.16. The lowest BCUT2D eigenvalue weighted by Crippen LogP contribution is -2.33. The molecule has 6 aromatic carbocycles. The number of nitrogens with zero attached hydrogens (tertiary/aromatic N) is 2. The zero-order valence-electron chi connectivity index (χ0n) is 27.3. The van der Waals surface area contributed by atoms with Crippen LogP contribution in [0.1, 0.15) is 18.9 Å². The first-order valence-electron chi connectivity index (χ1n) is 16.7. The van der Waals surface area contributed by atoms with Crippen LogP contribution in [0.3, 0.4) is 0 Å². The highest BCUT2D eigenvalue weighted by molar-refractivity contribution is 6.07. The molecule has 1 atom stereocenters. The van der Waals surface area contributed by atoms with E-state index in [-0.39, 0.29) is 0 Å². The molecule has 0 bridgehead atoms. The molecule has 8 rings (SSSR count). The predicted molar refractivity (Wildman–Crippen MR) is 206 cm³/mol. The standard InChI is InChI=1S/C46H36N2/c1-31-21-25-38-41(28-31)45(34-13-5-3-6-14-34)39-26-24-36(30-42(39)46(38)35-15-7-4-8-16-35)43-19-10-20-44(48-43)37-18-9-17-33-23-22-32(29-40(33)37)12-11-27-47-2/h3-20,22-31H,21H2,1-2H3/b12-11-,47-27?. The van der Waals surface area contributed by atoms with Crippen LogP contribution in [-0.2, 0) is 0 Å². The van der Waals surface area contributed by atoms with E-state index in [0.29, 0.717) is 5.92 Å². The number of hydrogen-bond acceptors (Lipinski definition) is 2. The maximum atomic E-state index is 5.30. The summed E-state index contributed by atoms with van der Waals surface area (Å²) in [6.45, 7) is 2.32. The third-order valence-corrected chi connectivity index (χ3v) is 9.41. The molecule has 0 fully saturated rings. The van der Waals surface area contributed by atoms with Crippen LogP contribution in [-0.4, -0.2) is 18.2 Å². The summed E-state index contributed by atoms with van der Waals surface area (Å²) in [7, 11) is 1.78. The first-order chi connectivity index (χ1) is 23.7. The second-order valence-corrected chi connectivity index (χ2v) is 12.6. The van der Waals surface area contributed by atoms with Crippen LogP contribution in [0.25, 0.3) is 84.5 Å². The van der Waals surface area contributed by atoms with Gasteiger partial charge in [-0.2, -0.15) is 0 Å². The Morgan fingerprint density at radius 3 is 2.12 bits per heavy atom. The molecule has 2 nitrogen and oxygen atoms in total. The van der Waals surface area contributed by atoms with E-state index < -0.39 is 0 Å². The molecule has 0 saturated carbocycles.